The minimum absolute atomic E-state index is 0.137. The number of hydrogen-bond donors (Lipinski definition) is 2. The van der Waals surface area contributed by atoms with Crippen molar-refractivity contribution in [1.29, 1.82) is 0 Å². The van der Waals surface area contributed by atoms with Gasteiger partial charge in [0.1, 0.15) is 0 Å². The Balaban J connectivity index is 2.27. The molecule has 1 aromatic carbocycles. The second-order valence-electron chi connectivity index (χ2n) is 5.31. The zero-order valence-electron chi connectivity index (χ0n) is 12.1. The van der Waals surface area contributed by atoms with Crippen molar-refractivity contribution < 1.29 is 23.4 Å². The van der Waals surface area contributed by atoms with E-state index in [2.05, 4.69) is 0 Å². The number of rotatable bonds is 4. The summed E-state index contributed by atoms with van der Waals surface area (Å²) >= 11 is 0. The van der Waals surface area contributed by atoms with Gasteiger partial charge >= 0.3 is 0 Å². The standard InChI is InChI=1S/C14H21NO5S/c1-10-9-20-13(8-16)7-15(10)21(18,19)14-5-3-12(4-6-14)11(2)17/h3-6,10-11,13,16-17H,7-9H2,1-2H3. The molecule has 3 unspecified atom stereocenters. The van der Waals surface area contributed by atoms with Crippen molar-refractivity contribution in [2.45, 2.75) is 37.0 Å². The predicted molar refractivity (Wildman–Crippen MR) is 77.3 cm³/mol. The number of benzene rings is 1. The van der Waals surface area contributed by atoms with Crippen molar-refractivity contribution >= 4 is 10.0 Å². The zero-order chi connectivity index (χ0) is 15.6. The highest BCUT2D eigenvalue weighted by Crippen LogP contribution is 2.24. The SMILES string of the molecule is CC(O)c1ccc(S(=O)(=O)N2CC(CO)OCC2C)cc1. The van der Waals surface area contributed by atoms with E-state index >= 15 is 0 Å². The van der Waals surface area contributed by atoms with Gasteiger partial charge in [0.05, 0.1) is 30.3 Å². The maximum atomic E-state index is 12.7. The number of aliphatic hydroxyl groups is 2. The average Bonchev–Trinajstić information content (AvgIpc) is 2.47. The summed E-state index contributed by atoms with van der Waals surface area (Å²) in [7, 11) is -3.64. The average molecular weight is 315 g/mol. The molecule has 0 amide bonds. The van der Waals surface area contributed by atoms with Crippen molar-refractivity contribution in [3.05, 3.63) is 29.8 Å². The molecule has 0 aliphatic carbocycles. The van der Waals surface area contributed by atoms with Crippen LogP contribution in [0.1, 0.15) is 25.5 Å². The van der Waals surface area contributed by atoms with Gasteiger partial charge in [0, 0.05) is 12.6 Å². The van der Waals surface area contributed by atoms with Gasteiger partial charge in [-0.2, -0.15) is 4.31 Å². The van der Waals surface area contributed by atoms with Gasteiger partial charge < -0.3 is 14.9 Å². The fraction of sp³-hybridized carbons (Fsp3) is 0.571. The van der Waals surface area contributed by atoms with E-state index in [1.807, 2.05) is 0 Å². The fourth-order valence-electron chi connectivity index (χ4n) is 2.29. The Kier molecular flexibility index (Phi) is 5.00. The van der Waals surface area contributed by atoms with Crippen LogP contribution < -0.4 is 0 Å². The van der Waals surface area contributed by atoms with Crippen LogP contribution in [0.2, 0.25) is 0 Å². The molecule has 7 heteroatoms. The number of nitrogens with zero attached hydrogens (tertiary/aromatic N) is 1. The van der Waals surface area contributed by atoms with Gasteiger partial charge in [-0.1, -0.05) is 12.1 Å². The van der Waals surface area contributed by atoms with Crippen LogP contribution in [-0.2, 0) is 14.8 Å². The maximum Gasteiger partial charge on any atom is 0.243 e. The molecular formula is C14H21NO5S. The molecule has 118 valence electrons. The Morgan fingerprint density at radius 3 is 2.52 bits per heavy atom. The van der Waals surface area contributed by atoms with Gasteiger partial charge in [-0.3, -0.25) is 0 Å². The van der Waals surface area contributed by atoms with E-state index in [0.29, 0.717) is 5.56 Å². The van der Waals surface area contributed by atoms with E-state index in [1.165, 1.54) is 16.4 Å². The molecule has 3 atom stereocenters. The summed E-state index contributed by atoms with van der Waals surface area (Å²) in [6.45, 7) is 3.59. The highest BCUT2D eigenvalue weighted by molar-refractivity contribution is 7.89. The van der Waals surface area contributed by atoms with Crippen LogP contribution in [0, 0.1) is 0 Å². The summed E-state index contributed by atoms with van der Waals surface area (Å²) in [5.74, 6) is 0. The summed E-state index contributed by atoms with van der Waals surface area (Å²) in [4.78, 5) is 0.178. The summed E-state index contributed by atoms with van der Waals surface area (Å²) in [5, 5.41) is 18.6. The zero-order valence-corrected chi connectivity index (χ0v) is 13.0. The molecule has 1 aliphatic rings. The third-order valence-electron chi connectivity index (χ3n) is 3.62. The van der Waals surface area contributed by atoms with Crippen LogP contribution in [-0.4, -0.2) is 54.8 Å². The Bertz CT molecular complexity index is 570. The molecular weight excluding hydrogens is 294 g/mol. The first-order chi connectivity index (χ1) is 9.86. The van der Waals surface area contributed by atoms with Crippen LogP contribution >= 0.6 is 0 Å². The number of ether oxygens (including phenoxy) is 1. The van der Waals surface area contributed by atoms with E-state index in [1.54, 1.807) is 26.0 Å². The summed E-state index contributed by atoms with van der Waals surface area (Å²) < 4.78 is 32.1. The molecule has 21 heavy (non-hydrogen) atoms. The van der Waals surface area contributed by atoms with Crippen LogP contribution in [0.5, 0.6) is 0 Å². The predicted octanol–water partition coefficient (Wildman–Crippen LogP) is 0.510. The molecule has 1 heterocycles. The number of aliphatic hydroxyl groups excluding tert-OH is 2. The van der Waals surface area contributed by atoms with E-state index < -0.39 is 22.2 Å². The topological polar surface area (TPSA) is 87.1 Å². The summed E-state index contributed by atoms with van der Waals surface area (Å²) in [6.07, 6.45) is -1.13. The quantitative estimate of drug-likeness (QED) is 0.845. The fourth-order valence-corrected chi connectivity index (χ4v) is 3.94. The van der Waals surface area contributed by atoms with Crippen molar-refractivity contribution in [3.8, 4) is 0 Å². The number of hydrogen-bond acceptors (Lipinski definition) is 5. The van der Waals surface area contributed by atoms with Gasteiger partial charge in [0.15, 0.2) is 0 Å². The summed E-state index contributed by atoms with van der Waals surface area (Å²) in [6, 6.07) is 5.91. The lowest BCUT2D eigenvalue weighted by atomic mass is 10.1. The molecule has 0 radical (unpaired) electrons. The monoisotopic (exact) mass is 315 g/mol. The largest absolute Gasteiger partial charge is 0.394 e. The third kappa shape index (κ3) is 3.44. The first-order valence-corrected chi connectivity index (χ1v) is 8.32. The molecule has 1 saturated heterocycles. The number of sulfonamides is 1. The normalized spacial score (nSPS) is 25.7. The Labute approximate surface area is 125 Å². The molecule has 1 aromatic rings. The number of morpholine rings is 1. The van der Waals surface area contributed by atoms with E-state index in [9.17, 15) is 13.5 Å². The Hall–Kier alpha value is -0.990. The van der Waals surface area contributed by atoms with Crippen molar-refractivity contribution in [2.75, 3.05) is 19.8 Å². The second-order valence-corrected chi connectivity index (χ2v) is 7.20. The van der Waals surface area contributed by atoms with Crippen molar-refractivity contribution in [1.82, 2.24) is 4.31 Å². The minimum atomic E-state index is -3.64. The van der Waals surface area contributed by atoms with Gasteiger partial charge in [0.25, 0.3) is 0 Å². The maximum absolute atomic E-state index is 12.7. The highest BCUT2D eigenvalue weighted by atomic mass is 32.2. The minimum Gasteiger partial charge on any atom is -0.394 e. The second kappa shape index (κ2) is 6.41. The Morgan fingerprint density at radius 1 is 1.38 bits per heavy atom. The molecule has 0 bridgehead atoms. The first kappa shape index (κ1) is 16.4. The van der Waals surface area contributed by atoms with Gasteiger partial charge in [-0.05, 0) is 31.5 Å². The van der Waals surface area contributed by atoms with E-state index in [-0.39, 0.29) is 30.7 Å². The Morgan fingerprint density at radius 2 is 2.00 bits per heavy atom. The molecule has 0 saturated carbocycles. The first-order valence-electron chi connectivity index (χ1n) is 6.88. The molecule has 1 fully saturated rings. The van der Waals surface area contributed by atoms with Gasteiger partial charge in [-0.15, -0.1) is 0 Å². The van der Waals surface area contributed by atoms with Gasteiger partial charge in [0.2, 0.25) is 10.0 Å². The molecule has 0 spiro atoms. The highest BCUT2D eigenvalue weighted by Gasteiger charge is 2.35. The van der Waals surface area contributed by atoms with Crippen LogP contribution in [0.25, 0.3) is 0 Å². The van der Waals surface area contributed by atoms with E-state index in [0.717, 1.165) is 0 Å². The molecule has 1 aliphatic heterocycles. The lowest BCUT2D eigenvalue weighted by Gasteiger charge is -2.36. The lowest BCUT2D eigenvalue weighted by molar-refractivity contribution is -0.0516. The molecule has 6 nitrogen and oxygen atoms in total. The molecule has 2 N–H and O–H groups in total. The molecule has 0 aromatic heterocycles. The third-order valence-corrected chi connectivity index (χ3v) is 5.62. The van der Waals surface area contributed by atoms with E-state index in [4.69, 9.17) is 9.84 Å². The van der Waals surface area contributed by atoms with Crippen molar-refractivity contribution in [3.63, 3.8) is 0 Å². The lowest BCUT2D eigenvalue weighted by Crippen LogP contribution is -2.51. The van der Waals surface area contributed by atoms with Gasteiger partial charge in [-0.25, -0.2) is 8.42 Å². The van der Waals surface area contributed by atoms with Crippen LogP contribution in [0.4, 0.5) is 0 Å². The smallest absolute Gasteiger partial charge is 0.243 e. The molecule has 2 rings (SSSR count). The van der Waals surface area contributed by atoms with Crippen LogP contribution in [0.3, 0.4) is 0 Å². The summed E-state index contributed by atoms with van der Waals surface area (Å²) in [5.41, 5.74) is 0.664. The van der Waals surface area contributed by atoms with Crippen LogP contribution in [0.15, 0.2) is 29.2 Å². The van der Waals surface area contributed by atoms with Crippen molar-refractivity contribution in [2.24, 2.45) is 0 Å².